The molecule has 0 amide bonds. The number of aliphatic hydroxyl groups excluding tert-OH is 1. The molecule has 5 heteroatoms. The van der Waals surface area contributed by atoms with Crippen molar-refractivity contribution in [3.63, 3.8) is 0 Å². The van der Waals surface area contributed by atoms with Crippen LogP contribution in [0.2, 0.25) is 0 Å². The Bertz CT molecular complexity index is 603. The van der Waals surface area contributed by atoms with Gasteiger partial charge in [0.05, 0.1) is 6.61 Å². The fourth-order valence-corrected chi connectivity index (χ4v) is 5.24. The molecule has 0 saturated heterocycles. The van der Waals surface area contributed by atoms with E-state index in [9.17, 15) is 14.7 Å². The first-order valence-corrected chi connectivity index (χ1v) is 18.2. The summed E-state index contributed by atoms with van der Waals surface area (Å²) in [7, 11) is 0. The van der Waals surface area contributed by atoms with Crippen molar-refractivity contribution in [1.29, 1.82) is 0 Å². The van der Waals surface area contributed by atoms with Gasteiger partial charge >= 0.3 is 11.9 Å². The minimum absolute atomic E-state index is 0.0650. The summed E-state index contributed by atoms with van der Waals surface area (Å²) in [5.74, 6) is -0.595. The van der Waals surface area contributed by atoms with Crippen LogP contribution in [0.5, 0.6) is 0 Å². The van der Waals surface area contributed by atoms with Crippen LogP contribution in [-0.4, -0.2) is 36.4 Å². The molecule has 1 atom stereocenters. The third kappa shape index (κ3) is 31.6. The van der Waals surface area contributed by atoms with Crippen LogP contribution in [0.15, 0.2) is 12.2 Å². The predicted octanol–water partition coefficient (Wildman–Crippen LogP) is 11.0. The van der Waals surface area contributed by atoms with Crippen molar-refractivity contribution in [2.75, 3.05) is 13.2 Å². The molecule has 1 N–H and O–H groups in total. The van der Waals surface area contributed by atoms with Gasteiger partial charge in [-0.05, 0) is 32.1 Å². The number of aliphatic hydroxyl groups is 1. The van der Waals surface area contributed by atoms with E-state index < -0.39 is 6.10 Å². The summed E-state index contributed by atoms with van der Waals surface area (Å²) in [6.45, 7) is 4.10. The number of rotatable bonds is 33. The molecule has 0 aromatic carbocycles. The van der Waals surface area contributed by atoms with Gasteiger partial charge in [-0.25, -0.2) is 0 Å². The van der Waals surface area contributed by atoms with Crippen molar-refractivity contribution in [3.05, 3.63) is 12.2 Å². The van der Waals surface area contributed by atoms with Crippen molar-refractivity contribution in [1.82, 2.24) is 0 Å². The topological polar surface area (TPSA) is 72.8 Å². The van der Waals surface area contributed by atoms with Gasteiger partial charge in [-0.1, -0.05) is 161 Å². The average molecular weight is 595 g/mol. The van der Waals surface area contributed by atoms with Gasteiger partial charge in [0, 0.05) is 12.8 Å². The lowest BCUT2D eigenvalue weighted by molar-refractivity contribution is -0.161. The van der Waals surface area contributed by atoms with Crippen LogP contribution >= 0.6 is 0 Å². The molecule has 0 aliphatic heterocycles. The Labute approximate surface area is 261 Å². The molecule has 42 heavy (non-hydrogen) atoms. The number of carbonyl (C=O) groups is 2. The number of esters is 2. The van der Waals surface area contributed by atoms with Crippen molar-refractivity contribution in [2.24, 2.45) is 0 Å². The Morgan fingerprint density at radius 1 is 0.524 bits per heavy atom. The highest BCUT2D eigenvalue weighted by molar-refractivity contribution is 5.70. The van der Waals surface area contributed by atoms with Gasteiger partial charge in [-0.3, -0.25) is 9.59 Å². The number of allylic oxidation sites excluding steroid dienone is 2. The first-order valence-electron chi connectivity index (χ1n) is 18.2. The first-order chi connectivity index (χ1) is 20.6. The molecule has 0 saturated carbocycles. The highest BCUT2D eigenvalue weighted by Gasteiger charge is 2.16. The highest BCUT2D eigenvalue weighted by Crippen LogP contribution is 2.15. The quantitative estimate of drug-likeness (QED) is 0.0465. The van der Waals surface area contributed by atoms with Crippen LogP contribution in [0.1, 0.15) is 194 Å². The van der Waals surface area contributed by atoms with Gasteiger partial charge < -0.3 is 14.6 Å². The minimum Gasteiger partial charge on any atom is -0.462 e. The summed E-state index contributed by atoms with van der Waals surface area (Å²) >= 11 is 0. The number of hydrogen-bond donors (Lipinski definition) is 1. The zero-order valence-electron chi connectivity index (χ0n) is 28.0. The zero-order valence-corrected chi connectivity index (χ0v) is 28.0. The van der Waals surface area contributed by atoms with Crippen molar-refractivity contribution in [3.8, 4) is 0 Å². The summed E-state index contributed by atoms with van der Waals surface area (Å²) in [5.41, 5.74) is 0. The number of ether oxygens (including phenoxy) is 2. The summed E-state index contributed by atoms with van der Waals surface area (Å²) in [6.07, 6.45) is 37.0. The second-order valence-electron chi connectivity index (χ2n) is 12.3. The van der Waals surface area contributed by atoms with Crippen molar-refractivity contribution >= 4 is 11.9 Å². The molecule has 248 valence electrons. The maximum atomic E-state index is 12.1. The minimum atomic E-state index is -0.766. The molecule has 0 spiro atoms. The summed E-state index contributed by atoms with van der Waals surface area (Å²) in [6, 6.07) is 0. The molecule has 1 unspecified atom stereocenters. The zero-order chi connectivity index (χ0) is 30.8. The van der Waals surface area contributed by atoms with Crippen LogP contribution in [-0.2, 0) is 19.1 Å². The van der Waals surface area contributed by atoms with E-state index in [0.29, 0.717) is 12.8 Å². The van der Waals surface area contributed by atoms with Crippen molar-refractivity contribution in [2.45, 2.75) is 200 Å². The molecule has 0 fully saturated rings. The Kier molecular flexibility index (Phi) is 33.0. The third-order valence-corrected chi connectivity index (χ3v) is 8.06. The van der Waals surface area contributed by atoms with Gasteiger partial charge in [0.15, 0.2) is 6.10 Å². The van der Waals surface area contributed by atoms with Crippen molar-refractivity contribution < 1.29 is 24.2 Å². The number of carbonyl (C=O) groups excluding carboxylic acids is 2. The van der Waals surface area contributed by atoms with E-state index >= 15 is 0 Å². The van der Waals surface area contributed by atoms with Crippen LogP contribution in [0.25, 0.3) is 0 Å². The lowest BCUT2D eigenvalue weighted by atomic mass is 10.0. The summed E-state index contributed by atoms with van der Waals surface area (Å²) < 4.78 is 10.6. The molecular weight excluding hydrogens is 524 g/mol. The Hall–Kier alpha value is -1.36. The Morgan fingerprint density at radius 2 is 0.905 bits per heavy atom. The van der Waals surface area contributed by atoms with Gasteiger partial charge in [-0.2, -0.15) is 0 Å². The van der Waals surface area contributed by atoms with E-state index in [1.54, 1.807) is 0 Å². The van der Waals surface area contributed by atoms with Gasteiger partial charge in [0.2, 0.25) is 0 Å². The molecule has 0 aromatic rings. The standard InChI is InChI=1S/C37H70O5/c1-3-5-7-9-11-13-15-16-17-18-19-20-22-24-26-28-30-32-37(40)42-35(33-38)34-41-36(39)31-29-27-25-23-21-14-12-10-8-6-4-2/h10,12,35,38H,3-9,11,13-34H2,1-2H3. The second kappa shape index (κ2) is 34.1. The van der Waals surface area contributed by atoms with Gasteiger partial charge in [0.25, 0.3) is 0 Å². The Morgan fingerprint density at radius 3 is 1.36 bits per heavy atom. The maximum Gasteiger partial charge on any atom is 0.306 e. The van der Waals surface area contributed by atoms with E-state index in [0.717, 1.165) is 44.9 Å². The normalized spacial score (nSPS) is 12.2. The largest absolute Gasteiger partial charge is 0.462 e. The van der Waals surface area contributed by atoms with E-state index in [1.807, 2.05) is 0 Å². The molecule has 0 aromatic heterocycles. The van der Waals surface area contributed by atoms with Crippen LogP contribution in [0, 0.1) is 0 Å². The lowest BCUT2D eigenvalue weighted by Crippen LogP contribution is -2.28. The molecule has 0 rings (SSSR count). The molecule has 0 aliphatic rings. The lowest BCUT2D eigenvalue weighted by Gasteiger charge is -2.15. The van der Waals surface area contributed by atoms with Gasteiger partial charge in [0.1, 0.15) is 6.61 Å². The van der Waals surface area contributed by atoms with Gasteiger partial charge in [-0.15, -0.1) is 0 Å². The fraction of sp³-hybridized carbons (Fsp3) is 0.892. The number of hydrogen-bond acceptors (Lipinski definition) is 5. The van der Waals surface area contributed by atoms with E-state index in [4.69, 9.17) is 9.47 Å². The third-order valence-electron chi connectivity index (χ3n) is 8.06. The van der Waals surface area contributed by atoms with E-state index in [1.165, 1.54) is 122 Å². The first kappa shape index (κ1) is 40.6. The van der Waals surface area contributed by atoms with E-state index in [2.05, 4.69) is 26.0 Å². The molecule has 0 radical (unpaired) electrons. The Balaban J connectivity index is 3.52. The van der Waals surface area contributed by atoms with E-state index in [-0.39, 0.29) is 25.2 Å². The molecule has 0 aliphatic carbocycles. The molecular formula is C37H70O5. The monoisotopic (exact) mass is 595 g/mol. The summed E-state index contributed by atoms with van der Waals surface area (Å²) in [4.78, 5) is 24.1. The fourth-order valence-electron chi connectivity index (χ4n) is 5.24. The van der Waals surface area contributed by atoms with Crippen LogP contribution < -0.4 is 0 Å². The maximum absolute atomic E-state index is 12.1. The molecule has 5 nitrogen and oxygen atoms in total. The smallest absolute Gasteiger partial charge is 0.306 e. The average Bonchev–Trinajstić information content (AvgIpc) is 2.99. The van der Waals surface area contributed by atoms with Crippen LogP contribution in [0.3, 0.4) is 0 Å². The van der Waals surface area contributed by atoms with Crippen LogP contribution in [0.4, 0.5) is 0 Å². The predicted molar refractivity (Wildman–Crippen MR) is 178 cm³/mol. The SMILES string of the molecule is CCCCC=CCCCCCCCC(=O)OCC(CO)OC(=O)CCCCCCCCCCCCCCCCCCC. The number of unbranched alkanes of at least 4 members (excludes halogenated alkanes) is 23. The second-order valence-corrected chi connectivity index (χ2v) is 12.3. The summed E-state index contributed by atoms with van der Waals surface area (Å²) in [5, 5.41) is 9.51. The highest BCUT2D eigenvalue weighted by atomic mass is 16.6. The molecule has 0 heterocycles. The molecule has 0 bridgehead atoms.